The Labute approximate surface area is 66.7 Å². The number of aliphatic hydroxyl groups excluding tert-OH is 2. The highest BCUT2D eigenvalue weighted by molar-refractivity contribution is 4.46. The molecule has 0 saturated heterocycles. The van der Waals surface area contributed by atoms with Crippen LogP contribution in [-0.2, 0) is 9.47 Å². The van der Waals surface area contributed by atoms with Gasteiger partial charge in [0.15, 0.2) is 0 Å². The Bertz CT molecular complexity index is 76.8. The summed E-state index contributed by atoms with van der Waals surface area (Å²) in [5.74, 6) is 0. The zero-order valence-electron chi connectivity index (χ0n) is 6.82. The lowest BCUT2D eigenvalue weighted by Gasteiger charge is -2.11. The minimum Gasteiger partial charge on any atom is -0.394 e. The molecule has 0 bridgehead atoms. The molecule has 68 valence electrons. The van der Waals surface area contributed by atoms with Crippen LogP contribution in [-0.4, -0.2) is 49.4 Å². The second kappa shape index (κ2) is 7.94. The van der Waals surface area contributed by atoms with Crippen LogP contribution in [0.2, 0.25) is 0 Å². The molecule has 4 heteroatoms. The lowest BCUT2D eigenvalue weighted by atomic mass is 10.4. The van der Waals surface area contributed by atoms with Gasteiger partial charge in [0.2, 0.25) is 0 Å². The van der Waals surface area contributed by atoms with Crippen LogP contribution in [0.15, 0.2) is 0 Å². The van der Waals surface area contributed by atoms with Crippen LogP contribution in [0.5, 0.6) is 0 Å². The lowest BCUT2D eigenvalue weighted by molar-refractivity contribution is -0.0246. The van der Waals surface area contributed by atoms with Crippen LogP contribution >= 0.6 is 0 Å². The summed E-state index contributed by atoms with van der Waals surface area (Å²) in [4.78, 5) is 0. The van der Waals surface area contributed by atoms with Crippen molar-refractivity contribution in [3.05, 3.63) is 0 Å². The van der Waals surface area contributed by atoms with E-state index in [1.807, 2.05) is 6.92 Å². The van der Waals surface area contributed by atoms with Crippen molar-refractivity contribution >= 4 is 0 Å². The highest BCUT2D eigenvalue weighted by Crippen LogP contribution is 1.90. The lowest BCUT2D eigenvalue weighted by Crippen LogP contribution is -2.18. The summed E-state index contributed by atoms with van der Waals surface area (Å²) in [6.45, 7) is 3.06. The molecule has 0 radical (unpaired) electrons. The molecular formula is C7H16O4. The summed E-state index contributed by atoms with van der Waals surface area (Å²) < 4.78 is 10.1. The van der Waals surface area contributed by atoms with E-state index in [-0.39, 0.29) is 19.3 Å². The van der Waals surface area contributed by atoms with Crippen molar-refractivity contribution in [3.8, 4) is 0 Å². The molecule has 0 saturated carbocycles. The molecular weight excluding hydrogens is 148 g/mol. The number of hydrogen-bond acceptors (Lipinski definition) is 4. The van der Waals surface area contributed by atoms with Crippen LogP contribution in [0.25, 0.3) is 0 Å². The van der Waals surface area contributed by atoms with Gasteiger partial charge in [-0.2, -0.15) is 0 Å². The van der Waals surface area contributed by atoms with E-state index in [1.54, 1.807) is 0 Å². The summed E-state index contributed by atoms with van der Waals surface area (Å²) >= 11 is 0. The molecule has 0 aliphatic rings. The highest BCUT2D eigenvalue weighted by Gasteiger charge is 2.00. The molecule has 0 aliphatic heterocycles. The topological polar surface area (TPSA) is 58.9 Å². The van der Waals surface area contributed by atoms with Crippen LogP contribution in [0.1, 0.15) is 6.92 Å². The number of rotatable bonds is 7. The normalized spacial score (nSPS) is 13.4. The van der Waals surface area contributed by atoms with Crippen molar-refractivity contribution in [3.63, 3.8) is 0 Å². The maximum Gasteiger partial charge on any atom is 0.0781 e. The first-order valence-corrected chi connectivity index (χ1v) is 3.72. The summed E-state index contributed by atoms with van der Waals surface area (Å²) in [6, 6.07) is 0. The summed E-state index contributed by atoms with van der Waals surface area (Å²) in [6.07, 6.45) is -0.0197. The second-order valence-electron chi connectivity index (χ2n) is 2.20. The van der Waals surface area contributed by atoms with Crippen LogP contribution in [0, 0.1) is 0 Å². The molecule has 0 heterocycles. The van der Waals surface area contributed by atoms with E-state index in [9.17, 15) is 0 Å². The van der Waals surface area contributed by atoms with Gasteiger partial charge in [0.1, 0.15) is 0 Å². The Hall–Kier alpha value is -0.160. The van der Waals surface area contributed by atoms with Crippen LogP contribution in [0.3, 0.4) is 0 Å². The Kier molecular flexibility index (Phi) is 7.83. The van der Waals surface area contributed by atoms with Gasteiger partial charge in [-0.3, -0.25) is 0 Å². The van der Waals surface area contributed by atoms with E-state index < -0.39 is 0 Å². The molecule has 0 aromatic carbocycles. The van der Waals surface area contributed by atoms with E-state index in [0.29, 0.717) is 19.8 Å². The van der Waals surface area contributed by atoms with E-state index >= 15 is 0 Å². The van der Waals surface area contributed by atoms with Gasteiger partial charge in [-0.15, -0.1) is 0 Å². The predicted molar refractivity (Wildman–Crippen MR) is 40.4 cm³/mol. The van der Waals surface area contributed by atoms with Crippen molar-refractivity contribution in [2.45, 2.75) is 13.0 Å². The maximum atomic E-state index is 8.38. The van der Waals surface area contributed by atoms with Gasteiger partial charge < -0.3 is 19.7 Å². The standard InChI is InChI=1S/C7H16O4/c1-7(11-5-3-9)6-10-4-2-8/h7-9H,2-6H2,1H3/t7-/m1/s1. The molecule has 0 aliphatic carbocycles. The SMILES string of the molecule is C[C@H](COCCO)OCCO. The number of aliphatic hydroxyl groups is 2. The predicted octanol–water partition coefficient (Wildman–Crippen LogP) is -0.607. The molecule has 1 atom stereocenters. The Balaban J connectivity index is 3.02. The van der Waals surface area contributed by atoms with Gasteiger partial charge in [0, 0.05) is 0 Å². The first-order chi connectivity index (χ1) is 5.31. The van der Waals surface area contributed by atoms with Crippen LogP contribution < -0.4 is 0 Å². The molecule has 11 heavy (non-hydrogen) atoms. The Morgan fingerprint density at radius 2 is 1.82 bits per heavy atom. The molecule has 0 aromatic rings. The van der Waals surface area contributed by atoms with Crippen molar-refractivity contribution in [2.24, 2.45) is 0 Å². The molecule has 4 nitrogen and oxygen atoms in total. The Morgan fingerprint density at radius 1 is 1.18 bits per heavy atom. The van der Waals surface area contributed by atoms with Gasteiger partial charge >= 0.3 is 0 Å². The van der Waals surface area contributed by atoms with Gasteiger partial charge in [-0.1, -0.05) is 0 Å². The zero-order valence-corrected chi connectivity index (χ0v) is 6.82. The van der Waals surface area contributed by atoms with E-state index in [4.69, 9.17) is 19.7 Å². The fourth-order valence-electron chi connectivity index (χ4n) is 0.616. The van der Waals surface area contributed by atoms with Crippen molar-refractivity contribution < 1.29 is 19.7 Å². The molecule has 0 aromatic heterocycles. The monoisotopic (exact) mass is 164 g/mol. The van der Waals surface area contributed by atoms with E-state index in [2.05, 4.69) is 0 Å². The summed E-state index contributed by atoms with van der Waals surface area (Å²) in [7, 11) is 0. The van der Waals surface area contributed by atoms with Crippen molar-refractivity contribution in [1.29, 1.82) is 0 Å². The van der Waals surface area contributed by atoms with E-state index in [0.717, 1.165) is 0 Å². The zero-order chi connectivity index (χ0) is 8.53. The smallest absolute Gasteiger partial charge is 0.0781 e. The highest BCUT2D eigenvalue weighted by atomic mass is 16.5. The third-order valence-electron chi connectivity index (χ3n) is 1.08. The molecule has 0 spiro atoms. The van der Waals surface area contributed by atoms with Gasteiger partial charge in [0.25, 0.3) is 0 Å². The molecule has 0 rings (SSSR count). The largest absolute Gasteiger partial charge is 0.394 e. The molecule has 0 amide bonds. The second-order valence-corrected chi connectivity index (χ2v) is 2.20. The average molecular weight is 164 g/mol. The summed E-state index contributed by atoms with van der Waals surface area (Å²) in [5.41, 5.74) is 0. The third-order valence-corrected chi connectivity index (χ3v) is 1.08. The van der Waals surface area contributed by atoms with Gasteiger partial charge in [-0.05, 0) is 6.92 Å². The van der Waals surface area contributed by atoms with Gasteiger partial charge in [-0.25, -0.2) is 0 Å². The molecule has 0 unspecified atom stereocenters. The average Bonchev–Trinajstić information content (AvgIpc) is 2.01. The summed E-state index contributed by atoms with van der Waals surface area (Å²) in [5, 5.41) is 16.7. The molecule has 0 fully saturated rings. The van der Waals surface area contributed by atoms with Crippen molar-refractivity contribution in [2.75, 3.05) is 33.0 Å². The van der Waals surface area contributed by atoms with Gasteiger partial charge in [0.05, 0.1) is 39.1 Å². The fourth-order valence-corrected chi connectivity index (χ4v) is 0.616. The fraction of sp³-hybridized carbons (Fsp3) is 1.00. The quantitative estimate of drug-likeness (QED) is 0.493. The van der Waals surface area contributed by atoms with Crippen LogP contribution in [0.4, 0.5) is 0 Å². The third kappa shape index (κ3) is 7.74. The molecule has 2 N–H and O–H groups in total. The minimum absolute atomic E-state index is 0.0197. The first-order valence-electron chi connectivity index (χ1n) is 3.72. The van der Waals surface area contributed by atoms with E-state index in [1.165, 1.54) is 0 Å². The minimum atomic E-state index is -0.0197. The Morgan fingerprint density at radius 3 is 2.36 bits per heavy atom. The maximum absolute atomic E-state index is 8.38. The first kappa shape index (κ1) is 10.8. The number of hydrogen-bond donors (Lipinski definition) is 2. The van der Waals surface area contributed by atoms with Crippen molar-refractivity contribution in [1.82, 2.24) is 0 Å². The number of ether oxygens (including phenoxy) is 2.